The zero-order valence-corrected chi connectivity index (χ0v) is 19.3. The van der Waals surface area contributed by atoms with Crippen LogP contribution in [-0.4, -0.2) is 40.1 Å². The van der Waals surface area contributed by atoms with Gasteiger partial charge in [0.25, 0.3) is 0 Å². The molecule has 1 aromatic rings. The maximum atomic E-state index is 13.6. The van der Waals surface area contributed by atoms with Gasteiger partial charge < -0.3 is 4.90 Å². The first-order valence-electron chi connectivity index (χ1n) is 10.0. The number of amides is 2. The van der Waals surface area contributed by atoms with Crippen LogP contribution in [0, 0.1) is 17.3 Å². The number of imide groups is 1. The van der Waals surface area contributed by atoms with Crippen LogP contribution in [0.15, 0.2) is 28.7 Å². The van der Waals surface area contributed by atoms with E-state index in [1.54, 1.807) is 0 Å². The van der Waals surface area contributed by atoms with E-state index in [0.717, 1.165) is 15.7 Å². The van der Waals surface area contributed by atoms with Gasteiger partial charge in [0.2, 0.25) is 11.8 Å². The fourth-order valence-corrected chi connectivity index (χ4v) is 5.33. The summed E-state index contributed by atoms with van der Waals surface area (Å²) in [5.74, 6) is -1.59. The Labute approximate surface area is 180 Å². The van der Waals surface area contributed by atoms with Crippen molar-refractivity contribution in [3.05, 3.63) is 34.3 Å². The first kappa shape index (κ1) is 20.3. The van der Waals surface area contributed by atoms with Crippen LogP contribution in [0.2, 0.25) is 0 Å². The van der Waals surface area contributed by atoms with Crippen LogP contribution in [0.25, 0.3) is 6.08 Å². The Morgan fingerprint density at radius 3 is 2.21 bits per heavy atom. The van der Waals surface area contributed by atoms with Gasteiger partial charge in [-0.05, 0) is 44.5 Å². The predicted molar refractivity (Wildman–Crippen MR) is 116 cm³/mol. The standard InChI is InChI=1S/C23H27BrN2O3/c1-22(2,3)19(27)18-17-16(20(28)26(21(17)29)23(4,5)6)15-9-7-12-11-13(24)8-10-14(12)25(15)18/h7-11,15-18H,1-6H3/t15-,16+,17+,18-/m0/s1. The summed E-state index contributed by atoms with van der Waals surface area (Å²) < 4.78 is 0.948. The lowest BCUT2D eigenvalue weighted by Crippen LogP contribution is -2.54. The molecule has 2 saturated heterocycles. The van der Waals surface area contributed by atoms with E-state index in [0.29, 0.717) is 0 Å². The molecule has 4 rings (SSSR count). The maximum Gasteiger partial charge on any atom is 0.236 e. The van der Waals surface area contributed by atoms with Gasteiger partial charge in [-0.1, -0.05) is 48.9 Å². The van der Waals surface area contributed by atoms with E-state index in [1.165, 1.54) is 4.90 Å². The summed E-state index contributed by atoms with van der Waals surface area (Å²) in [5.41, 5.74) is 0.648. The van der Waals surface area contributed by atoms with Gasteiger partial charge in [0, 0.05) is 21.1 Å². The molecule has 0 aromatic heterocycles. The van der Waals surface area contributed by atoms with Crippen molar-refractivity contribution in [3.8, 4) is 0 Å². The van der Waals surface area contributed by atoms with Crippen LogP contribution in [-0.2, 0) is 14.4 Å². The van der Waals surface area contributed by atoms with E-state index in [2.05, 4.69) is 15.9 Å². The quantitative estimate of drug-likeness (QED) is 0.595. The van der Waals surface area contributed by atoms with Gasteiger partial charge >= 0.3 is 0 Å². The normalized spacial score (nSPS) is 28.5. The van der Waals surface area contributed by atoms with Crippen molar-refractivity contribution < 1.29 is 14.4 Å². The average molecular weight is 459 g/mol. The minimum atomic E-state index is -0.655. The molecular weight excluding hydrogens is 432 g/mol. The summed E-state index contributed by atoms with van der Waals surface area (Å²) in [4.78, 5) is 43.9. The van der Waals surface area contributed by atoms with E-state index in [9.17, 15) is 14.4 Å². The van der Waals surface area contributed by atoms with Crippen molar-refractivity contribution in [1.82, 2.24) is 4.90 Å². The fourth-order valence-electron chi connectivity index (χ4n) is 4.95. The second-order valence-electron chi connectivity index (χ2n) is 10.3. The summed E-state index contributed by atoms with van der Waals surface area (Å²) >= 11 is 3.50. The second kappa shape index (κ2) is 6.27. The number of carbonyl (C=O) groups is 3. The van der Waals surface area contributed by atoms with E-state index < -0.39 is 28.8 Å². The number of hydrogen-bond acceptors (Lipinski definition) is 4. The summed E-state index contributed by atoms with van der Waals surface area (Å²) in [6.45, 7) is 11.2. The molecule has 3 aliphatic rings. The molecule has 0 spiro atoms. The smallest absolute Gasteiger partial charge is 0.236 e. The third-order valence-electron chi connectivity index (χ3n) is 6.15. The Balaban J connectivity index is 1.90. The van der Waals surface area contributed by atoms with Crippen LogP contribution >= 0.6 is 15.9 Å². The number of carbonyl (C=O) groups excluding carboxylic acids is 3. The van der Waals surface area contributed by atoms with Gasteiger partial charge in [-0.2, -0.15) is 0 Å². The minimum absolute atomic E-state index is 0.00363. The van der Waals surface area contributed by atoms with Gasteiger partial charge in [-0.15, -0.1) is 0 Å². The lowest BCUT2D eigenvalue weighted by Gasteiger charge is -2.40. The van der Waals surface area contributed by atoms with Crippen molar-refractivity contribution >= 4 is 45.3 Å². The Hall–Kier alpha value is -1.95. The highest BCUT2D eigenvalue weighted by molar-refractivity contribution is 9.10. The Bertz CT molecular complexity index is 954. The van der Waals surface area contributed by atoms with Crippen LogP contribution in [0.3, 0.4) is 0 Å². The van der Waals surface area contributed by atoms with Crippen molar-refractivity contribution in [2.45, 2.75) is 59.2 Å². The fraction of sp³-hybridized carbons (Fsp3) is 0.522. The predicted octanol–water partition coefficient (Wildman–Crippen LogP) is 4.05. The third kappa shape index (κ3) is 2.90. The lowest BCUT2D eigenvalue weighted by molar-refractivity contribution is -0.146. The maximum absolute atomic E-state index is 13.6. The molecule has 0 aliphatic carbocycles. The molecule has 6 heteroatoms. The summed E-state index contributed by atoms with van der Waals surface area (Å²) in [5, 5.41) is 0. The van der Waals surface area contributed by atoms with Crippen LogP contribution in [0.4, 0.5) is 5.69 Å². The van der Waals surface area contributed by atoms with Crippen molar-refractivity contribution in [3.63, 3.8) is 0 Å². The number of Topliss-reactive ketones (excluding diaryl/α,β-unsaturated/α-hetero) is 1. The number of fused-ring (bicyclic) bond motifs is 5. The van der Waals surface area contributed by atoms with E-state index >= 15 is 0 Å². The number of anilines is 1. The molecular formula is C23H27BrN2O3. The number of ketones is 1. The van der Waals surface area contributed by atoms with Gasteiger partial charge in [-0.3, -0.25) is 19.3 Å². The molecule has 154 valence electrons. The number of halogens is 1. The molecule has 5 nitrogen and oxygen atoms in total. The summed E-state index contributed by atoms with van der Waals surface area (Å²) in [7, 11) is 0. The molecule has 3 heterocycles. The second-order valence-corrected chi connectivity index (χ2v) is 11.2. The molecule has 0 N–H and O–H groups in total. The highest BCUT2D eigenvalue weighted by atomic mass is 79.9. The Morgan fingerprint density at radius 2 is 1.62 bits per heavy atom. The SMILES string of the molecule is CC(C)(C)C(=O)[C@@H]1[C@@H]2C(=O)N(C(C)(C)C)C(=O)[C@@H]2[C@@H]2C=Cc3cc(Br)ccc3N12. The van der Waals surface area contributed by atoms with Crippen LogP contribution < -0.4 is 4.90 Å². The largest absolute Gasteiger partial charge is 0.353 e. The number of nitrogens with zero attached hydrogens (tertiary/aromatic N) is 2. The summed E-state index contributed by atoms with van der Waals surface area (Å²) in [6, 6.07) is 4.95. The van der Waals surface area contributed by atoms with Crippen molar-refractivity contribution in [1.29, 1.82) is 0 Å². The molecule has 29 heavy (non-hydrogen) atoms. The van der Waals surface area contributed by atoms with Crippen LogP contribution in [0.1, 0.15) is 47.1 Å². The zero-order chi connectivity index (χ0) is 21.5. The zero-order valence-electron chi connectivity index (χ0n) is 17.7. The Morgan fingerprint density at radius 1 is 1.00 bits per heavy atom. The van der Waals surface area contributed by atoms with E-state index in [4.69, 9.17) is 0 Å². The molecule has 0 saturated carbocycles. The number of hydrogen-bond donors (Lipinski definition) is 0. The molecule has 1 aromatic carbocycles. The topological polar surface area (TPSA) is 57.7 Å². The molecule has 4 atom stereocenters. The molecule has 2 fully saturated rings. The van der Waals surface area contributed by atoms with Crippen molar-refractivity contribution in [2.24, 2.45) is 17.3 Å². The van der Waals surface area contributed by atoms with E-state index in [-0.39, 0.29) is 23.6 Å². The average Bonchev–Trinajstić information content (AvgIpc) is 3.06. The number of benzene rings is 1. The first-order valence-corrected chi connectivity index (χ1v) is 10.8. The monoisotopic (exact) mass is 458 g/mol. The van der Waals surface area contributed by atoms with Crippen molar-refractivity contribution in [2.75, 3.05) is 4.90 Å². The third-order valence-corrected chi connectivity index (χ3v) is 6.64. The van der Waals surface area contributed by atoms with Crippen LogP contribution in [0.5, 0.6) is 0 Å². The Kier molecular flexibility index (Phi) is 4.40. The lowest BCUT2D eigenvalue weighted by atomic mass is 9.79. The van der Waals surface area contributed by atoms with Gasteiger partial charge in [0.1, 0.15) is 6.04 Å². The number of likely N-dealkylation sites (tertiary alicyclic amines) is 1. The minimum Gasteiger partial charge on any atom is -0.353 e. The first-order chi connectivity index (χ1) is 13.3. The molecule has 0 unspecified atom stereocenters. The molecule has 3 aliphatic heterocycles. The number of rotatable bonds is 1. The van der Waals surface area contributed by atoms with E-state index in [1.807, 2.05) is 76.8 Å². The van der Waals surface area contributed by atoms with Gasteiger partial charge in [0.05, 0.1) is 17.9 Å². The highest BCUT2D eigenvalue weighted by Crippen LogP contribution is 2.51. The molecule has 0 radical (unpaired) electrons. The van der Waals surface area contributed by atoms with Gasteiger partial charge in [0.15, 0.2) is 5.78 Å². The molecule has 2 amide bonds. The molecule has 0 bridgehead atoms. The van der Waals surface area contributed by atoms with Gasteiger partial charge in [-0.25, -0.2) is 0 Å². The highest BCUT2D eigenvalue weighted by Gasteiger charge is 2.65. The summed E-state index contributed by atoms with van der Waals surface area (Å²) in [6.07, 6.45) is 3.99.